The van der Waals surface area contributed by atoms with Crippen LogP contribution in [0.2, 0.25) is 0 Å². The third kappa shape index (κ3) is 2.45. The number of carbonyl (C=O) groups excluding carboxylic acids is 1. The van der Waals surface area contributed by atoms with Gasteiger partial charge in [0.1, 0.15) is 0 Å². The molecule has 0 fully saturated rings. The molecule has 1 aromatic heterocycles. The van der Waals surface area contributed by atoms with E-state index in [0.29, 0.717) is 6.42 Å². The van der Waals surface area contributed by atoms with E-state index >= 15 is 0 Å². The van der Waals surface area contributed by atoms with Gasteiger partial charge in [-0.3, -0.25) is 4.79 Å². The molecule has 0 saturated heterocycles. The van der Waals surface area contributed by atoms with Crippen LogP contribution in [0.1, 0.15) is 18.0 Å². The Hall–Kier alpha value is -1.88. The van der Waals surface area contributed by atoms with Crippen LogP contribution >= 0.6 is 0 Å². The number of hydrogen-bond acceptors (Lipinski definition) is 3. The highest BCUT2D eigenvalue weighted by atomic mass is 16.2. The quantitative estimate of drug-likeness (QED) is 0.830. The van der Waals surface area contributed by atoms with Gasteiger partial charge < -0.3 is 15.6 Å². The average Bonchev–Trinajstić information content (AvgIpc) is 2.75. The first-order valence-corrected chi connectivity index (χ1v) is 5.46. The van der Waals surface area contributed by atoms with Crippen LogP contribution in [0.15, 0.2) is 24.5 Å². The maximum absolute atomic E-state index is 11.6. The van der Waals surface area contributed by atoms with Crippen molar-refractivity contribution in [2.45, 2.75) is 12.5 Å². The van der Waals surface area contributed by atoms with Gasteiger partial charge >= 0.3 is 0 Å². The van der Waals surface area contributed by atoms with E-state index < -0.39 is 0 Å². The summed E-state index contributed by atoms with van der Waals surface area (Å²) in [6, 6.07) is 5.48. The van der Waals surface area contributed by atoms with E-state index in [1.165, 1.54) is 0 Å². The van der Waals surface area contributed by atoms with Crippen molar-refractivity contribution in [2.75, 3.05) is 14.1 Å². The highest BCUT2D eigenvalue weighted by Crippen LogP contribution is 2.19. The summed E-state index contributed by atoms with van der Waals surface area (Å²) in [4.78, 5) is 20.3. The smallest absolute Gasteiger partial charge is 0.223 e. The van der Waals surface area contributed by atoms with E-state index in [4.69, 9.17) is 5.73 Å². The number of H-pyrrole nitrogens is 1. The Labute approximate surface area is 99.6 Å². The number of nitrogens with two attached hydrogens (primary N) is 1. The second-order valence-corrected chi connectivity index (χ2v) is 4.28. The SMILES string of the molecule is CN(C)C(=O)CC(N)c1ccc2nc[nH]c2c1. The molecule has 1 aromatic carbocycles. The van der Waals surface area contributed by atoms with Gasteiger partial charge in [0.15, 0.2) is 0 Å². The number of amides is 1. The van der Waals surface area contributed by atoms with Crippen LogP contribution in [0.25, 0.3) is 11.0 Å². The normalized spacial score (nSPS) is 12.6. The topological polar surface area (TPSA) is 75.0 Å². The molecule has 0 aliphatic carbocycles. The van der Waals surface area contributed by atoms with Crippen LogP contribution in [0.4, 0.5) is 0 Å². The number of imidazole rings is 1. The number of carbonyl (C=O) groups is 1. The predicted octanol–water partition coefficient (Wildman–Crippen LogP) is 1.04. The van der Waals surface area contributed by atoms with Gasteiger partial charge in [0.2, 0.25) is 5.91 Å². The summed E-state index contributed by atoms with van der Waals surface area (Å²) >= 11 is 0. The van der Waals surface area contributed by atoms with Gasteiger partial charge in [0.25, 0.3) is 0 Å². The van der Waals surface area contributed by atoms with Crippen molar-refractivity contribution in [3.05, 3.63) is 30.1 Å². The maximum atomic E-state index is 11.6. The third-order valence-electron chi connectivity index (χ3n) is 2.77. The Balaban J connectivity index is 2.18. The predicted molar refractivity (Wildman–Crippen MR) is 66.3 cm³/mol. The molecular weight excluding hydrogens is 216 g/mol. The van der Waals surface area contributed by atoms with E-state index in [0.717, 1.165) is 16.6 Å². The lowest BCUT2D eigenvalue weighted by Crippen LogP contribution is -2.26. The van der Waals surface area contributed by atoms with Gasteiger partial charge in [-0.25, -0.2) is 4.98 Å². The van der Waals surface area contributed by atoms with E-state index in [-0.39, 0.29) is 11.9 Å². The summed E-state index contributed by atoms with van der Waals surface area (Å²) in [5.41, 5.74) is 8.80. The number of aromatic nitrogens is 2. The number of aromatic amines is 1. The van der Waals surface area contributed by atoms with Crippen LogP contribution < -0.4 is 5.73 Å². The molecule has 2 aromatic rings. The standard InChI is InChI=1S/C12H16N4O/c1-16(2)12(17)6-9(13)8-3-4-10-11(5-8)15-7-14-10/h3-5,7,9H,6,13H2,1-2H3,(H,14,15). The molecule has 1 unspecified atom stereocenters. The molecule has 1 heterocycles. The summed E-state index contributed by atoms with van der Waals surface area (Å²) in [7, 11) is 3.46. The second-order valence-electron chi connectivity index (χ2n) is 4.28. The lowest BCUT2D eigenvalue weighted by Gasteiger charge is -2.15. The Morgan fingerprint density at radius 3 is 3.00 bits per heavy atom. The first-order valence-electron chi connectivity index (χ1n) is 5.46. The van der Waals surface area contributed by atoms with Crippen LogP contribution in [-0.2, 0) is 4.79 Å². The molecular formula is C12H16N4O. The second kappa shape index (κ2) is 4.55. The Morgan fingerprint density at radius 1 is 1.53 bits per heavy atom. The van der Waals surface area contributed by atoms with E-state index in [2.05, 4.69) is 9.97 Å². The Morgan fingerprint density at radius 2 is 2.29 bits per heavy atom. The van der Waals surface area contributed by atoms with Crippen LogP contribution in [0.5, 0.6) is 0 Å². The Kier molecular flexibility index (Phi) is 3.10. The van der Waals surface area contributed by atoms with Crippen molar-refractivity contribution in [2.24, 2.45) is 5.73 Å². The molecule has 5 nitrogen and oxygen atoms in total. The zero-order valence-corrected chi connectivity index (χ0v) is 9.97. The largest absolute Gasteiger partial charge is 0.349 e. The van der Waals surface area contributed by atoms with E-state index in [1.807, 2.05) is 18.2 Å². The molecule has 3 N–H and O–H groups in total. The molecule has 2 rings (SSSR count). The average molecular weight is 232 g/mol. The maximum Gasteiger partial charge on any atom is 0.223 e. The molecule has 0 aliphatic heterocycles. The minimum atomic E-state index is -0.280. The third-order valence-corrected chi connectivity index (χ3v) is 2.77. The van der Waals surface area contributed by atoms with Crippen molar-refractivity contribution in [1.82, 2.24) is 14.9 Å². The Bertz CT molecular complexity index is 532. The van der Waals surface area contributed by atoms with Gasteiger partial charge in [-0.2, -0.15) is 0 Å². The fraction of sp³-hybridized carbons (Fsp3) is 0.333. The number of hydrogen-bond donors (Lipinski definition) is 2. The molecule has 1 atom stereocenters. The van der Waals surface area contributed by atoms with E-state index in [9.17, 15) is 4.79 Å². The number of rotatable bonds is 3. The molecule has 0 bridgehead atoms. The lowest BCUT2D eigenvalue weighted by atomic mass is 10.0. The van der Waals surface area contributed by atoms with Gasteiger partial charge in [-0.15, -0.1) is 0 Å². The van der Waals surface area contributed by atoms with Crippen molar-refractivity contribution in [3.8, 4) is 0 Å². The minimum absolute atomic E-state index is 0.0298. The summed E-state index contributed by atoms with van der Waals surface area (Å²) in [5, 5.41) is 0. The number of nitrogens with one attached hydrogen (secondary N) is 1. The van der Waals surface area contributed by atoms with Crippen molar-refractivity contribution < 1.29 is 4.79 Å². The molecule has 0 saturated carbocycles. The zero-order valence-electron chi connectivity index (χ0n) is 9.97. The van der Waals surface area contributed by atoms with Gasteiger partial charge in [-0.1, -0.05) is 6.07 Å². The highest BCUT2D eigenvalue weighted by Gasteiger charge is 2.13. The van der Waals surface area contributed by atoms with E-state index in [1.54, 1.807) is 25.3 Å². The molecule has 0 aliphatic rings. The number of nitrogens with zero attached hydrogens (tertiary/aromatic N) is 2. The molecule has 0 radical (unpaired) electrons. The first kappa shape index (κ1) is 11.6. The first-order chi connectivity index (χ1) is 8.08. The monoisotopic (exact) mass is 232 g/mol. The van der Waals surface area contributed by atoms with Crippen molar-refractivity contribution in [1.29, 1.82) is 0 Å². The van der Waals surface area contributed by atoms with Crippen LogP contribution in [-0.4, -0.2) is 34.9 Å². The number of fused-ring (bicyclic) bond motifs is 1. The number of benzene rings is 1. The summed E-state index contributed by atoms with van der Waals surface area (Å²) in [5.74, 6) is 0.0298. The van der Waals surface area contributed by atoms with Crippen LogP contribution in [0, 0.1) is 0 Å². The summed E-state index contributed by atoms with van der Waals surface area (Å²) in [6.45, 7) is 0. The summed E-state index contributed by atoms with van der Waals surface area (Å²) in [6.07, 6.45) is 1.96. The molecule has 90 valence electrons. The fourth-order valence-electron chi connectivity index (χ4n) is 1.67. The highest BCUT2D eigenvalue weighted by molar-refractivity contribution is 5.78. The zero-order chi connectivity index (χ0) is 12.4. The summed E-state index contributed by atoms with van der Waals surface area (Å²) < 4.78 is 0. The van der Waals surface area contributed by atoms with Crippen molar-refractivity contribution >= 4 is 16.9 Å². The molecule has 17 heavy (non-hydrogen) atoms. The van der Waals surface area contributed by atoms with Gasteiger partial charge in [0, 0.05) is 26.6 Å². The molecule has 0 spiro atoms. The van der Waals surface area contributed by atoms with Crippen LogP contribution in [0.3, 0.4) is 0 Å². The molecule has 1 amide bonds. The van der Waals surface area contributed by atoms with Crippen molar-refractivity contribution in [3.63, 3.8) is 0 Å². The molecule has 5 heteroatoms. The minimum Gasteiger partial charge on any atom is -0.349 e. The fourth-order valence-corrected chi connectivity index (χ4v) is 1.67. The van der Waals surface area contributed by atoms with Gasteiger partial charge in [-0.05, 0) is 17.7 Å². The van der Waals surface area contributed by atoms with Gasteiger partial charge in [0.05, 0.1) is 17.4 Å². The lowest BCUT2D eigenvalue weighted by molar-refractivity contribution is -0.129.